The molecule has 1 heterocycles. The van der Waals surface area contributed by atoms with Crippen LogP contribution in [-0.4, -0.2) is 24.9 Å². The van der Waals surface area contributed by atoms with Crippen LogP contribution in [0.2, 0.25) is 0 Å². The van der Waals surface area contributed by atoms with E-state index in [-0.39, 0.29) is 11.8 Å². The molecule has 0 radical (unpaired) electrons. The molecule has 1 aliphatic rings. The molecule has 1 aromatic carbocycles. The molecule has 1 N–H and O–H groups in total. The summed E-state index contributed by atoms with van der Waals surface area (Å²) in [7, 11) is 0. The fraction of sp³-hybridized carbons (Fsp3) is 0.533. The van der Waals surface area contributed by atoms with Crippen LogP contribution in [0.4, 0.5) is 0 Å². The number of hydrogen-bond acceptors (Lipinski definition) is 2. The van der Waals surface area contributed by atoms with Crippen molar-refractivity contribution in [3.05, 3.63) is 29.8 Å². The van der Waals surface area contributed by atoms with Crippen LogP contribution in [0.15, 0.2) is 24.3 Å². The molecule has 0 spiro atoms. The lowest BCUT2D eigenvalue weighted by Gasteiger charge is -2.11. The van der Waals surface area contributed by atoms with Gasteiger partial charge in [0.2, 0.25) is 5.91 Å². The van der Waals surface area contributed by atoms with E-state index >= 15 is 0 Å². The molecule has 1 amide bonds. The van der Waals surface area contributed by atoms with Crippen LogP contribution < -0.4 is 10.1 Å². The van der Waals surface area contributed by atoms with Crippen molar-refractivity contribution >= 4 is 17.5 Å². The zero-order valence-corrected chi connectivity index (χ0v) is 12.0. The number of amides is 1. The summed E-state index contributed by atoms with van der Waals surface area (Å²) in [5.41, 5.74) is 0.995. The van der Waals surface area contributed by atoms with Crippen LogP contribution in [0, 0.1) is 5.92 Å². The minimum absolute atomic E-state index is 0.0588. The van der Waals surface area contributed by atoms with Crippen LogP contribution in [0.5, 0.6) is 5.75 Å². The Labute approximate surface area is 119 Å². The van der Waals surface area contributed by atoms with Crippen molar-refractivity contribution in [1.29, 1.82) is 0 Å². The summed E-state index contributed by atoms with van der Waals surface area (Å²) in [5.74, 6) is 1.91. The molecule has 1 aliphatic heterocycles. The number of carbonyl (C=O) groups is 1. The van der Waals surface area contributed by atoms with Gasteiger partial charge in [-0.15, -0.1) is 11.6 Å². The molecule has 0 saturated heterocycles. The lowest BCUT2D eigenvalue weighted by molar-refractivity contribution is -0.122. The van der Waals surface area contributed by atoms with Crippen LogP contribution in [0.25, 0.3) is 0 Å². The Morgan fingerprint density at radius 2 is 2.32 bits per heavy atom. The fourth-order valence-electron chi connectivity index (χ4n) is 2.24. The number of hydrogen-bond donors (Lipinski definition) is 1. The maximum atomic E-state index is 12.1. The number of halogens is 1. The summed E-state index contributed by atoms with van der Waals surface area (Å²) in [5, 5.41) is 2.98. The standard InChI is InChI=1S/C15H20ClNO2/c1-11(9-16)5-4-8-17-15(18)13-10-19-14-7-3-2-6-12(13)14/h2-3,6-7,11,13H,4-5,8-10H2,1H3,(H,17,18). The molecule has 19 heavy (non-hydrogen) atoms. The molecular weight excluding hydrogens is 262 g/mol. The molecule has 2 atom stereocenters. The van der Waals surface area contributed by atoms with E-state index in [1.165, 1.54) is 0 Å². The third-order valence-electron chi connectivity index (χ3n) is 3.45. The van der Waals surface area contributed by atoms with E-state index in [0.29, 0.717) is 24.9 Å². The Balaban J connectivity index is 1.79. The molecule has 104 valence electrons. The summed E-state index contributed by atoms with van der Waals surface area (Å²) < 4.78 is 5.52. The van der Waals surface area contributed by atoms with Gasteiger partial charge in [0.1, 0.15) is 18.3 Å². The second-order valence-corrected chi connectivity index (χ2v) is 5.40. The van der Waals surface area contributed by atoms with Crippen molar-refractivity contribution in [1.82, 2.24) is 5.32 Å². The quantitative estimate of drug-likeness (QED) is 0.643. The van der Waals surface area contributed by atoms with Gasteiger partial charge in [0, 0.05) is 18.0 Å². The lowest BCUT2D eigenvalue weighted by atomic mass is 10.0. The average molecular weight is 282 g/mol. The SMILES string of the molecule is CC(CCl)CCCNC(=O)C1COc2ccccc21. The summed E-state index contributed by atoms with van der Waals surface area (Å²) in [4.78, 5) is 12.1. The number of para-hydroxylation sites is 1. The number of alkyl halides is 1. The Morgan fingerprint density at radius 1 is 1.53 bits per heavy atom. The molecule has 2 rings (SSSR count). The second-order valence-electron chi connectivity index (χ2n) is 5.09. The highest BCUT2D eigenvalue weighted by atomic mass is 35.5. The highest BCUT2D eigenvalue weighted by Crippen LogP contribution is 2.33. The molecule has 0 fully saturated rings. The minimum atomic E-state index is -0.165. The summed E-state index contributed by atoms with van der Waals surface area (Å²) >= 11 is 5.75. The second kappa shape index (κ2) is 6.80. The van der Waals surface area contributed by atoms with Crippen LogP contribution in [0.3, 0.4) is 0 Å². The van der Waals surface area contributed by atoms with Gasteiger partial charge >= 0.3 is 0 Å². The Bertz CT molecular complexity index is 436. The smallest absolute Gasteiger partial charge is 0.231 e. The molecule has 0 aromatic heterocycles. The summed E-state index contributed by atoms with van der Waals surface area (Å²) in [6, 6.07) is 7.73. The van der Waals surface area contributed by atoms with Crippen molar-refractivity contribution in [3.8, 4) is 5.75 Å². The monoisotopic (exact) mass is 281 g/mol. The number of nitrogens with one attached hydrogen (secondary N) is 1. The number of rotatable bonds is 6. The van der Waals surface area contributed by atoms with E-state index in [2.05, 4.69) is 12.2 Å². The average Bonchev–Trinajstić information content (AvgIpc) is 2.87. The summed E-state index contributed by atoms with van der Waals surface area (Å²) in [6.07, 6.45) is 2.01. The molecule has 3 nitrogen and oxygen atoms in total. The van der Waals surface area contributed by atoms with Gasteiger partial charge in [0.15, 0.2) is 0 Å². The minimum Gasteiger partial charge on any atom is -0.492 e. The van der Waals surface area contributed by atoms with E-state index in [9.17, 15) is 4.79 Å². The number of fused-ring (bicyclic) bond motifs is 1. The molecule has 0 saturated carbocycles. The predicted molar refractivity (Wildman–Crippen MR) is 76.8 cm³/mol. The first kappa shape index (κ1) is 14.2. The largest absolute Gasteiger partial charge is 0.492 e. The van der Waals surface area contributed by atoms with Gasteiger partial charge < -0.3 is 10.1 Å². The molecule has 2 unspecified atom stereocenters. The van der Waals surface area contributed by atoms with E-state index in [1.807, 2.05) is 24.3 Å². The highest BCUT2D eigenvalue weighted by molar-refractivity contribution is 6.18. The lowest BCUT2D eigenvalue weighted by Crippen LogP contribution is -2.31. The zero-order chi connectivity index (χ0) is 13.7. The van der Waals surface area contributed by atoms with Crippen molar-refractivity contribution < 1.29 is 9.53 Å². The van der Waals surface area contributed by atoms with Gasteiger partial charge in [-0.25, -0.2) is 0 Å². The molecule has 0 bridgehead atoms. The van der Waals surface area contributed by atoms with Gasteiger partial charge in [-0.05, 0) is 24.8 Å². The van der Waals surface area contributed by atoms with E-state index in [4.69, 9.17) is 16.3 Å². The molecule has 0 aliphatic carbocycles. The predicted octanol–water partition coefficient (Wildman–Crippen LogP) is 2.93. The number of ether oxygens (including phenoxy) is 1. The van der Waals surface area contributed by atoms with Crippen LogP contribution in [-0.2, 0) is 4.79 Å². The summed E-state index contributed by atoms with van der Waals surface area (Å²) in [6.45, 7) is 3.28. The first-order valence-electron chi connectivity index (χ1n) is 6.77. The maximum absolute atomic E-state index is 12.1. The van der Waals surface area contributed by atoms with Gasteiger partial charge in [-0.2, -0.15) is 0 Å². The zero-order valence-electron chi connectivity index (χ0n) is 11.2. The first-order chi connectivity index (χ1) is 9.22. The third-order valence-corrected chi connectivity index (χ3v) is 3.98. The van der Waals surface area contributed by atoms with E-state index < -0.39 is 0 Å². The Morgan fingerprint density at radius 3 is 3.11 bits per heavy atom. The third kappa shape index (κ3) is 3.63. The molecule has 4 heteroatoms. The van der Waals surface area contributed by atoms with Gasteiger partial charge in [0.25, 0.3) is 0 Å². The van der Waals surface area contributed by atoms with Crippen molar-refractivity contribution in [2.24, 2.45) is 5.92 Å². The topological polar surface area (TPSA) is 38.3 Å². The van der Waals surface area contributed by atoms with Gasteiger partial charge in [-0.1, -0.05) is 25.1 Å². The number of benzene rings is 1. The Kier molecular flexibility index (Phi) is 5.08. The van der Waals surface area contributed by atoms with Crippen LogP contribution >= 0.6 is 11.6 Å². The van der Waals surface area contributed by atoms with Gasteiger partial charge in [0.05, 0.1) is 0 Å². The highest BCUT2D eigenvalue weighted by Gasteiger charge is 2.29. The molecular formula is C15H20ClNO2. The van der Waals surface area contributed by atoms with Crippen LogP contribution in [0.1, 0.15) is 31.2 Å². The van der Waals surface area contributed by atoms with Crippen molar-refractivity contribution in [3.63, 3.8) is 0 Å². The Hall–Kier alpha value is -1.22. The van der Waals surface area contributed by atoms with Crippen molar-refractivity contribution in [2.45, 2.75) is 25.7 Å². The fourth-order valence-corrected chi connectivity index (χ4v) is 2.40. The van der Waals surface area contributed by atoms with E-state index in [1.54, 1.807) is 0 Å². The maximum Gasteiger partial charge on any atom is 0.231 e. The first-order valence-corrected chi connectivity index (χ1v) is 7.31. The molecule has 1 aromatic rings. The number of carbonyl (C=O) groups excluding carboxylic acids is 1. The van der Waals surface area contributed by atoms with Gasteiger partial charge in [-0.3, -0.25) is 4.79 Å². The van der Waals surface area contributed by atoms with Crippen molar-refractivity contribution in [2.75, 3.05) is 19.0 Å². The van der Waals surface area contributed by atoms with E-state index in [0.717, 1.165) is 24.2 Å². The normalized spacial score (nSPS) is 18.5.